The van der Waals surface area contributed by atoms with Gasteiger partial charge >= 0.3 is 0 Å². The first-order chi connectivity index (χ1) is 9.34. The SMILES string of the molecule is CC(C)CNS(=O)(=O)Nc1ccc(Cl)cc1C#CCO. The van der Waals surface area contributed by atoms with Gasteiger partial charge in [-0.2, -0.15) is 13.1 Å². The zero-order valence-corrected chi connectivity index (χ0v) is 12.8. The maximum Gasteiger partial charge on any atom is 0.299 e. The highest BCUT2D eigenvalue weighted by Gasteiger charge is 2.12. The molecule has 0 aromatic heterocycles. The van der Waals surface area contributed by atoms with Crippen molar-refractivity contribution in [1.29, 1.82) is 0 Å². The summed E-state index contributed by atoms with van der Waals surface area (Å²) in [5.41, 5.74) is 0.716. The maximum absolute atomic E-state index is 11.9. The lowest BCUT2D eigenvalue weighted by molar-refractivity contribution is 0.350. The van der Waals surface area contributed by atoms with Gasteiger partial charge in [-0.1, -0.05) is 37.3 Å². The fourth-order valence-corrected chi connectivity index (χ4v) is 2.57. The molecule has 0 radical (unpaired) electrons. The molecule has 1 rings (SSSR count). The van der Waals surface area contributed by atoms with Gasteiger partial charge in [-0.05, 0) is 24.1 Å². The summed E-state index contributed by atoms with van der Waals surface area (Å²) in [5, 5.41) is 9.14. The Kier molecular flexibility index (Phi) is 6.30. The van der Waals surface area contributed by atoms with Crippen LogP contribution in [0.4, 0.5) is 5.69 Å². The first kappa shape index (κ1) is 16.8. The van der Waals surface area contributed by atoms with Gasteiger partial charge in [0, 0.05) is 11.6 Å². The topological polar surface area (TPSA) is 78.4 Å². The number of aliphatic hydroxyl groups is 1. The number of benzene rings is 1. The molecule has 5 nitrogen and oxygen atoms in total. The highest BCUT2D eigenvalue weighted by atomic mass is 35.5. The summed E-state index contributed by atoms with van der Waals surface area (Å²) >= 11 is 5.85. The molecule has 0 fully saturated rings. The Bertz CT molecular complexity index is 618. The quantitative estimate of drug-likeness (QED) is 0.722. The van der Waals surface area contributed by atoms with E-state index in [4.69, 9.17) is 16.7 Å². The van der Waals surface area contributed by atoms with Gasteiger partial charge in [0.1, 0.15) is 6.61 Å². The van der Waals surface area contributed by atoms with Gasteiger partial charge in [-0.3, -0.25) is 4.72 Å². The van der Waals surface area contributed by atoms with Gasteiger partial charge < -0.3 is 5.11 Å². The molecular formula is C13H17ClN2O3S. The van der Waals surface area contributed by atoms with Crippen LogP contribution in [-0.4, -0.2) is 26.7 Å². The van der Waals surface area contributed by atoms with Crippen molar-refractivity contribution in [1.82, 2.24) is 4.72 Å². The monoisotopic (exact) mass is 316 g/mol. The molecule has 0 heterocycles. The largest absolute Gasteiger partial charge is 0.384 e. The van der Waals surface area contributed by atoms with Crippen LogP contribution in [0.25, 0.3) is 0 Å². The van der Waals surface area contributed by atoms with Crippen molar-refractivity contribution in [2.45, 2.75) is 13.8 Å². The van der Waals surface area contributed by atoms with Crippen LogP contribution in [0.5, 0.6) is 0 Å². The Labute approximate surface area is 124 Å². The van der Waals surface area contributed by atoms with E-state index in [0.29, 0.717) is 22.8 Å². The third-order valence-electron chi connectivity index (χ3n) is 2.21. The van der Waals surface area contributed by atoms with E-state index in [-0.39, 0.29) is 12.5 Å². The Morgan fingerprint density at radius 3 is 2.70 bits per heavy atom. The molecule has 20 heavy (non-hydrogen) atoms. The van der Waals surface area contributed by atoms with E-state index in [2.05, 4.69) is 21.3 Å². The molecule has 7 heteroatoms. The Balaban J connectivity index is 2.96. The lowest BCUT2D eigenvalue weighted by Gasteiger charge is -2.12. The average molecular weight is 317 g/mol. The van der Waals surface area contributed by atoms with Crippen molar-refractivity contribution in [3.8, 4) is 11.8 Å². The molecule has 0 aliphatic carbocycles. The van der Waals surface area contributed by atoms with E-state index in [9.17, 15) is 8.42 Å². The summed E-state index contributed by atoms with van der Waals surface area (Å²) < 4.78 is 28.6. The van der Waals surface area contributed by atoms with Gasteiger partial charge in [0.2, 0.25) is 0 Å². The molecule has 110 valence electrons. The normalized spacial score (nSPS) is 11.1. The van der Waals surface area contributed by atoms with Gasteiger partial charge in [-0.25, -0.2) is 0 Å². The predicted molar refractivity (Wildman–Crippen MR) is 80.8 cm³/mol. The van der Waals surface area contributed by atoms with Crippen LogP contribution >= 0.6 is 11.6 Å². The zero-order chi connectivity index (χ0) is 15.2. The van der Waals surface area contributed by atoms with Crippen molar-refractivity contribution in [3.05, 3.63) is 28.8 Å². The average Bonchev–Trinajstić information content (AvgIpc) is 2.37. The number of nitrogens with one attached hydrogen (secondary N) is 2. The minimum absolute atomic E-state index is 0.199. The van der Waals surface area contributed by atoms with Crippen LogP contribution in [0.3, 0.4) is 0 Å². The second-order valence-corrected chi connectivity index (χ2v) is 6.43. The standard InChI is InChI=1S/C13H17ClN2O3S/c1-10(2)9-15-20(18,19)16-13-6-5-12(14)8-11(13)4-3-7-17/h5-6,8,10,15-17H,7,9H2,1-2H3. The second kappa shape index (κ2) is 7.50. The number of anilines is 1. The van der Waals surface area contributed by atoms with E-state index < -0.39 is 10.2 Å². The molecule has 1 aromatic carbocycles. The molecule has 0 aliphatic rings. The number of rotatable bonds is 5. The van der Waals surface area contributed by atoms with Crippen molar-refractivity contribution in [2.24, 2.45) is 5.92 Å². The molecular weight excluding hydrogens is 300 g/mol. The molecule has 0 bridgehead atoms. The third kappa shape index (κ3) is 5.80. The molecule has 1 aromatic rings. The number of hydrogen-bond acceptors (Lipinski definition) is 3. The highest BCUT2D eigenvalue weighted by molar-refractivity contribution is 7.90. The number of halogens is 1. The van der Waals surface area contributed by atoms with Crippen LogP contribution in [0, 0.1) is 17.8 Å². The molecule has 0 spiro atoms. The van der Waals surface area contributed by atoms with E-state index >= 15 is 0 Å². The van der Waals surface area contributed by atoms with Crippen LogP contribution in [0.15, 0.2) is 18.2 Å². The molecule has 3 N–H and O–H groups in total. The van der Waals surface area contributed by atoms with Crippen LogP contribution in [0.1, 0.15) is 19.4 Å². The summed E-state index contributed by atoms with van der Waals surface area (Å²) in [6, 6.07) is 4.62. The Hall–Kier alpha value is -1.26. The second-order valence-electron chi connectivity index (χ2n) is 4.50. The molecule has 0 amide bonds. The summed E-state index contributed by atoms with van der Waals surface area (Å²) in [6.45, 7) is 3.83. The zero-order valence-electron chi connectivity index (χ0n) is 11.3. The fourth-order valence-electron chi connectivity index (χ4n) is 1.30. The maximum atomic E-state index is 11.9. The summed E-state index contributed by atoms with van der Waals surface area (Å²) in [4.78, 5) is 0. The lowest BCUT2D eigenvalue weighted by atomic mass is 10.2. The van der Waals surface area contributed by atoms with Crippen LogP contribution < -0.4 is 9.44 Å². The fraction of sp³-hybridized carbons (Fsp3) is 0.385. The number of aliphatic hydroxyl groups excluding tert-OH is 1. The molecule has 0 aliphatic heterocycles. The van der Waals surface area contributed by atoms with E-state index in [1.807, 2.05) is 13.8 Å². The first-order valence-electron chi connectivity index (χ1n) is 6.00. The van der Waals surface area contributed by atoms with E-state index in [0.717, 1.165) is 0 Å². The van der Waals surface area contributed by atoms with Gasteiger partial charge in [-0.15, -0.1) is 0 Å². The van der Waals surface area contributed by atoms with E-state index in [1.54, 1.807) is 6.07 Å². The minimum atomic E-state index is -3.66. The smallest absolute Gasteiger partial charge is 0.299 e. The van der Waals surface area contributed by atoms with Gasteiger partial charge in [0.25, 0.3) is 10.2 Å². The van der Waals surface area contributed by atoms with Crippen LogP contribution in [0.2, 0.25) is 5.02 Å². The van der Waals surface area contributed by atoms with Gasteiger partial charge in [0.05, 0.1) is 11.3 Å². The highest BCUT2D eigenvalue weighted by Crippen LogP contribution is 2.20. The molecule has 0 unspecified atom stereocenters. The summed E-state index contributed by atoms with van der Waals surface area (Å²) in [6.07, 6.45) is 0. The van der Waals surface area contributed by atoms with E-state index in [1.165, 1.54) is 12.1 Å². The van der Waals surface area contributed by atoms with Crippen molar-refractivity contribution in [3.63, 3.8) is 0 Å². The van der Waals surface area contributed by atoms with Gasteiger partial charge in [0.15, 0.2) is 0 Å². The van der Waals surface area contributed by atoms with Crippen LogP contribution in [-0.2, 0) is 10.2 Å². The van der Waals surface area contributed by atoms with Crippen molar-refractivity contribution >= 4 is 27.5 Å². The minimum Gasteiger partial charge on any atom is -0.384 e. The van der Waals surface area contributed by atoms with Crippen molar-refractivity contribution < 1.29 is 13.5 Å². The molecule has 0 saturated carbocycles. The summed E-state index contributed by atoms with van der Waals surface area (Å²) in [7, 11) is -3.66. The van der Waals surface area contributed by atoms with Crippen molar-refractivity contribution in [2.75, 3.05) is 17.9 Å². The lowest BCUT2D eigenvalue weighted by Crippen LogP contribution is -2.33. The molecule has 0 saturated heterocycles. The number of hydrogen-bond donors (Lipinski definition) is 3. The first-order valence-corrected chi connectivity index (χ1v) is 7.87. The Morgan fingerprint density at radius 1 is 1.40 bits per heavy atom. The Morgan fingerprint density at radius 2 is 2.10 bits per heavy atom. The predicted octanol–water partition coefficient (Wildman–Crippen LogP) is 1.59. The molecule has 0 atom stereocenters. The summed E-state index contributed by atoms with van der Waals surface area (Å²) in [5.74, 6) is 5.31. The third-order valence-corrected chi connectivity index (χ3v) is 3.48.